The van der Waals surface area contributed by atoms with E-state index in [9.17, 15) is 5.11 Å². The number of nitrogens with zero attached hydrogens (tertiary/aromatic N) is 1. The van der Waals surface area contributed by atoms with Gasteiger partial charge in [-0.05, 0) is 74.7 Å². The third kappa shape index (κ3) is 4.35. The van der Waals surface area contributed by atoms with Crippen LogP contribution in [0.3, 0.4) is 0 Å². The third-order valence-electron chi connectivity index (χ3n) is 6.41. The maximum Gasteiger partial charge on any atom is 0.149 e. The highest BCUT2D eigenvalue weighted by Crippen LogP contribution is 2.45. The molecule has 0 amide bonds. The molecule has 0 bridgehead atoms. The summed E-state index contributed by atoms with van der Waals surface area (Å²) in [7, 11) is 3.60. The van der Waals surface area contributed by atoms with Gasteiger partial charge in [0.25, 0.3) is 0 Å². The summed E-state index contributed by atoms with van der Waals surface area (Å²) in [5, 5.41) is 18.8. The predicted molar refractivity (Wildman–Crippen MR) is 139 cm³/mol. The Balaban J connectivity index is 1.89. The number of ether oxygens (including phenoxy) is 1. The Labute approximate surface area is 201 Å². The molecule has 1 aliphatic heterocycles. The van der Waals surface area contributed by atoms with Gasteiger partial charge < -0.3 is 25.4 Å². The molecule has 4 rings (SSSR count). The molecule has 0 saturated heterocycles. The summed E-state index contributed by atoms with van der Waals surface area (Å²) in [5.41, 5.74) is 7.89. The fourth-order valence-corrected chi connectivity index (χ4v) is 4.76. The van der Waals surface area contributed by atoms with E-state index in [4.69, 9.17) is 16.3 Å². The topological polar surface area (TPSA) is 56.8 Å². The number of benzene rings is 3. The first-order chi connectivity index (χ1) is 15.6. The molecule has 1 unspecified atom stereocenters. The van der Waals surface area contributed by atoms with Gasteiger partial charge in [-0.15, -0.1) is 0 Å². The smallest absolute Gasteiger partial charge is 0.149 e. The number of aryl methyl sites for hydroxylation is 2. The van der Waals surface area contributed by atoms with Gasteiger partial charge in [0.05, 0.1) is 24.0 Å². The lowest BCUT2D eigenvalue weighted by molar-refractivity contribution is 0.111. The molecule has 6 heteroatoms. The highest BCUT2D eigenvalue weighted by atomic mass is 35.5. The van der Waals surface area contributed by atoms with Crippen molar-refractivity contribution in [2.75, 3.05) is 29.7 Å². The van der Waals surface area contributed by atoms with Gasteiger partial charge in [-0.2, -0.15) is 0 Å². The number of anilines is 3. The predicted octanol–water partition coefficient (Wildman–Crippen LogP) is 6.20. The second kappa shape index (κ2) is 8.81. The molecular weight excluding hydrogens is 434 g/mol. The number of methoxy groups -OCH3 is 1. The van der Waals surface area contributed by atoms with Crippen LogP contribution in [0.1, 0.15) is 30.5 Å². The van der Waals surface area contributed by atoms with Gasteiger partial charge in [0.2, 0.25) is 0 Å². The van der Waals surface area contributed by atoms with Gasteiger partial charge >= 0.3 is 0 Å². The van der Waals surface area contributed by atoms with E-state index in [1.165, 1.54) is 11.1 Å². The number of rotatable bonds is 5. The number of hydrogen-bond donors (Lipinski definition) is 3. The SMILES string of the molecule is COc1ccc(Cl)cc1-c1ccc2c(c1CNc1cc(C)ccc1C)N(C)C(O)C(C)(C)N2. The standard InChI is InChI=1S/C27H32ClN3O2/c1-16-7-8-17(2)23(13-16)29-15-21-19(20-14-18(28)9-12-24(20)33-6)10-11-22-25(21)31(5)26(32)27(3,4)30-22/h7-14,26,29-30,32H,15H2,1-6H3. The van der Waals surface area contributed by atoms with Crippen LogP contribution >= 0.6 is 11.6 Å². The molecule has 0 saturated carbocycles. The highest BCUT2D eigenvalue weighted by molar-refractivity contribution is 6.31. The number of likely N-dealkylation sites (N-methyl/N-ethyl adjacent to an activating group) is 1. The minimum absolute atomic E-state index is 0.491. The van der Waals surface area contributed by atoms with Crippen molar-refractivity contribution in [2.24, 2.45) is 0 Å². The largest absolute Gasteiger partial charge is 0.496 e. The van der Waals surface area contributed by atoms with Gasteiger partial charge in [0, 0.05) is 35.4 Å². The molecule has 0 spiro atoms. The van der Waals surface area contributed by atoms with Crippen molar-refractivity contribution in [2.45, 2.75) is 46.0 Å². The molecule has 1 atom stereocenters. The normalized spacial score (nSPS) is 16.7. The van der Waals surface area contributed by atoms with Crippen LogP contribution in [-0.4, -0.2) is 31.0 Å². The van der Waals surface area contributed by atoms with E-state index in [1.807, 2.05) is 44.0 Å². The maximum atomic E-state index is 11.0. The molecule has 174 valence electrons. The summed E-state index contributed by atoms with van der Waals surface area (Å²) in [4.78, 5) is 1.95. The second-order valence-corrected chi connectivity index (χ2v) is 9.77. The molecule has 33 heavy (non-hydrogen) atoms. The monoisotopic (exact) mass is 465 g/mol. The van der Waals surface area contributed by atoms with Crippen molar-refractivity contribution in [3.63, 3.8) is 0 Å². The van der Waals surface area contributed by atoms with Gasteiger partial charge in [0.15, 0.2) is 0 Å². The van der Waals surface area contributed by atoms with Crippen molar-refractivity contribution in [1.29, 1.82) is 0 Å². The summed E-state index contributed by atoms with van der Waals surface area (Å²) in [6.45, 7) is 8.76. The van der Waals surface area contributed by atoms with Crippen molar-refractivity contribution in [3.05, 3.63) is 70.2 Å². The van der Waals surface area contributed by atoms with Crippen LogP contribution in [0.4, 0.5) is 17.1 Å². The van der Waals surface area contributed by atoms with Crippen molar-refractivity contribution in [3.8, 4) is 16.9 Å². The first kappa shape index (κ1) is 23.3. The van der Waals surface area contributed by atoms with Crippen LogP contribution in [0.5, 0.6) is 5.75 Å². The Kier molecular flexibility index (Phi) is 6.21. The zero-order chi connectivity index (χ0) is 23.9. The fraction of sp³-hybridized carbons (Fsp3) is 0.333. The number of aliphatic hydroxyl groups is 1. The fourth-order valence-electron chi connectivity index (χ4n) is 4.59. The lowest BCUT2D eigenvalue weighted by Crippen LogP contribution is -2.56. The van der Waals surface area contributed by atoms with E-state index >= 15 is 0 Å². The average Bonchev–Trinajstić information content (AvgIpc) is 2.77. The molecule has 0 fully saturated rings. The van der Waals surface area contributed by atoms with Crippen LogP contribution in [-0.2, 0) is 6.54 Å². The molecule has 5 nitrogen and oxygen atoms in total. The van der Waals surface area contributed by atoms with Gasteiger partial charge in [-0.25, -0.2) is 0 Å². The number of aliphatic hydroxyl groups excluding tert-OH is 1. The summed E-state index contributed by atoms with van der Waals surface area (Å²) in [5.74, 6) is 0.750. The lowest BCUT2D eigenvalue weighted by Gasteiger charge is -2.46. The van der Waals surface area contributed by atoms with Gasteiger partial charge in [0.1, 0.15) is 12.0 Å². The van der Waals surface area contributed by atoms with E-state index in [2.05, 4.69) is 54.8 Å². The van der Waals surface area contributed by atoms with Crippen LogP contribution in [0, 0.1) is 13.8 Å². The van der Waals surface area contributed by atoms with Crippen LogP contribution in [0.25, 0.3) is 11.1 Å². The Bertz CT molecular complexity index is 1190. The molecule has 0 aliphatic carbocycles. The summed E-state index contributed by atoms with van der Waals surface area (Å²) in [6.07, 6.45) is -0.694. The van der Waals surface area contributed by atoms with E-state index in [0.29, 0.717) is 11.6 Å². The highest BCUT2D eigenvalue weighted by Gasteiger charge is 2.38. The molecule has 3 aromatic rings. The quantitative estimate of drug-likeness (QED) is 0.418. The number of fused-ring (bicyclic) bond motifs is 1. The number of halogens is 1. The molecule has 3 aromatic carbocycles. The molecule has 1 heterocycles. The Morgan fingerprint density at radius 1 is 1.09 bits per heavy atom. The number of nitrogens with one attached hydrogen (secondary N) is 2. The first-order valence-corrected chi connectivity index (χ1v) is 11.5. The van der Waals surface area contributed by atoms with E-state index < -0.39 is 11.8 Å². The molecule has 1 aliphatic rings. The minimum Gasteiger partial charge on any atom is -0.496 e. The maximum absolute atomic E-state index is 11.0. The first-order valence-electron chi connectivity index (χ1n) is 11.1. The second-order valence-electron chi connectivity index (χ2n) is 9.34. The molecule has 0 aromatic heterocycles. The molecule has 0 radical (unpaired) electrons. The summed E-state index contributed by atoms with van der Waals surface area (Å²) >= 11 is 6.39. The Hall–Kier alpha value is -2.89. The zero-order valence-electron chi connectivity index (χ0n) is 20.1. The molecular formula is C27H32ClN3O2. The van der Waals surface area contributed by atoms with Crippen LogP contribution < -0.4 is 20.3 Å². The van der Waals surface area contributed by atoms with Crippen molar-refractivity contribution >= 4 is 28.7 Å². The van der Waals surface area contributed by atoms with Crippen LogP contribution in [0.15, 0.2) is 48.5 Å². The van der Waals surface area contributed by atoms with Crippen molar-refractivity contribution < 1.29 is 9.84 Å². The molecule has 3 N–H and O–H groups in total. The summed E-state index contributed by atoms with van der Waals surface area (Å²) in [6, 6.07) is 16.2. The zero-order valence-corrected chi connectivity index (χ0v) is 20.8. The third-order valence-corrected chi connectivity index (χ3v) is 6.64. The average molecular weight is 466 g/mol. The minimum atomic E-state index is -0.694. The summed E-state index contributed by atoms with van der Waals surface area (Å²) < 4.78 is 5.67. The van der Waals surface area contributed by atoms with Gasteiger partial charge in [-0.1, -0.05) is 29.8 Å². The Morgan fingerprint density at radius 2 is 1.85 bits per heavy atom. The van der Waals surface area contributed by atoms with Crippen LogP contribution in [0.2, 0.25) is 5.02 Å². The number of hydrogen-bond acceptors (Lipinski definition) is 5. The van der Waals surface area contributed by atoms with E-state index in [0.717, 1.165) is 39.5 Å². The van der Waals surface area contributed by atoms with Crippen molar-refractivity contribution in [1.82, 2.24) is 0 Å². The Morgan fingerprint density at radius 3 is 2.58 bits per heavy atom. The van der Waals surface area contributed by atoms with E-state index in [1.54, 1.807) is 7.11 Å². The van der Waals surface area contributed by atoms with Gasteiger partial charge in [-0.3, -0.25) is 0 Å². The lowest BCUT2D eigenvalue weighted by atomic mass is 9.91. The van der Waals surface area contributed by atoms with E-state index in [-0.39, 0.29) is 0 Å².